The zero-order chi connectivity index (χ0) is 9.84. The third-order valence-electron chi connectivity index (χ3n) is 1.78. The average molecular weight is 218 g/mol. The highest BCUT2D eigenvalue weighted by atomic mass is 32.2. The van der Waals surface area contributed by atoms with E-state index in [9.17, 15) is 4.79 Å². The SMILES string of the molecule is CC(=O)N=C1SCC(N(C)C)CS1. The maximum atomic E-state index is 10.7. The summed E-state index contributed by atoms with van der Waals surface area (Å²) >= 11 is 3.36. The van der Waals surface area contributed by atoms with E-state index in [0.29, 0.717) is 6.04 Å². The van der Waals surface area contributed by atoms with Gasteiger partial charge in [-0.15, -0.1) is 0 Å². The Morgan fingerprint density at radius 3 is 2.38 bits per heavy atom. The van der Waals surface area contributed by atoms with Gasteiger partial charge in [0, 0.05) is 24.5 Å². The highest BCUT2D eigenvalue weighted by molar-refractivity contribution is 8.39. The molecule has 0 aromatic heterocycles. The zero-order valence-electron chi connectivity index (χ0n) is 8.11. The van der Waals surface area contributed by atoms with E-state index in [2.05, 4.69) is 24.0 Å². The third kappa shape index (κ3) is 3.70. The Morgan fingerprint density at radius 1 is 1.46 bits per heavy atom. The lowest BCUT2D eigenvalue weighted by Gasteiger charge is -2.27. The van der Waals surface area contributed by atoms with Crippen molar-refractivity contribution in [3.8, 4) is 0 Å². The summed E-state index contributed by atoms with van der Waals surface area (Å²) in [6, 6.07) is 0.598. The van der Waals surface area contributed by atoms with E-state index in [-0.39, 0.29) is 5.91 Å². The Bertz CT molecular complexity index is 218. The molecule has 74 valence electrons. The maximum absolute atomic E-state index is 10.7. The number of amides is 1. The first-order valence-corrected chi connectivity index (χ1v) is 6.08. The minimum Gasteiger partial charge on any atom is -0.305 e. The summed E-state index contributed by atoms with van der Waals surface area (Å²) in [5.41, 5.74) is 0. The van der Waals surface area contributed by atoms with Crippen LogP contribution in [-0.4, -0.2) is 46.8 Å². The third-order valence-corrected chi connectivity index (χ3v) is 4.26. The Balaban J connectivity index is 2.43. The minimum atomic E-state index is -0.0988. The van der Waals surface area contributed by atoms with Gasteiger partial charge in [0.25, 0.3) is 0 Å². The molecule has 1 aliphatic rings. The van der Waals surface area contributed by atoms with Crippen LogP contribution in [0.4, 0.5) is 0 Å². The highest BCUT2D eigenvalue weighted by Gasteiger charge is 2.20. The number of thioether (sulfide) groups is 2. The Morgan fingerprint density at radius 2 is 2.00 bits per heavy atom. The number of hydrogen-bond acceptors (Lipinski definition) is 4. The average Bonchev–Trinajstić information content (AvgIpc) is 2.04. The van der Waals surface area contributed by atoms with Crippen LogP contribution in [-0.2, 0) is 4.79 Å². The predicted molar refractivity (Wildman–Crippen MR) is 60.5 cm³/mol. The lowest BCUT2D eigenvalue weighted by Crippen LogP contribution is -2.35. The number of nitrogens with zero attached hydrogens (tertiary/aromatic N) is 2. The first-order valence-electron chi connectivity index (χ1n) is 4.11. The van der Waals surface area contributed by atoms with Crippen molar-refractivity contribution in [2.24, 2.45) is 4.99 Å². The standard InChI is InChI=1S/C8H14N2OS2/c1-6(11)9-8-12-4-7(5-13-8)10(2)3/h7H,4-5H2,1-3H3. The van der Waals surface area contributed by atoms with Gasteiger partial charge < -0.3 is 4.90 Å². The number of rotatable bonds is 1. The molecule has 1 amide bonds. The summed E-state index contributed by atoms with van der Waals surface area (Å²) in [6.45, 7) is 1.49. The summed E-state index contributed by atoms with van der Waals surface area (Å²) in [5.74, 6) is 1.97. The van der Waals surface area contributed by atoms with Crippen LogP contribution in [0.3, 0.4) is 0 Å². The van der Waals surface area contributed by atoms with E-state index < -0.39 is 0 Å². The Hall–Kier alpha value is -0.0000000000000000555. The second-order valence-electron chi connectivity index (χ2n) is 3.14. The number of carbonyl (C=O) groups excluding carboxylic acids is 1. The normalized spacial score (nSPS) is 23.4. The van der Waals surface area contributed by atoms with Gasteiger partial charge >= 0.3 is 0 Å². The lowest BCUT2D eigenvalue weighted by atomic mass is 10.4. The summed E-state index contributed by atoms with van der Waals surface area (Å²) in [7, 11) is 4.16. The summed E-state index contributed by atoms with van der Waals surface area (Å²) in [6.07, 6.45) is 0. The van der Waals surface area contributed by atoms with Crippen LogP contribution in [0, 0.1) is 0 Å². The van der Waals surface area contributed by atoms with Crippen molar-refractivity contribution in [3.05, 3.63) is 0 Å². The molecule has 0 aromatic rings. The first-order chi connectivity index (χ1) is 6.09. The molecule has 0 radical (unpaired) electrons. The number of aliphatic imine (C=N–C) groups is 1. The topological polar surface area (TPSA) is 32.7 Å². The molecule has 0 spiro atoms. The molecule has 1 heterocycles. The molecule has 3 nitrogen and oxygen atoms in total. The van der Waals surface area contributed by atoms with Crippen molar-refractivity contribution in [1.82, 2.24) is 4.90 Å². The highest BCUT2D eigenvalue weighted by Crippen LogP contribution is 2.27. The van der Waals surface area contributed by atoms with E-state index in [1.807, 2.05) is 0 Å². The van der Waals surface area contributed by atoms with Gasteiger partial charge in [-0.1, -0.05) is 23.5 Å². The maximum Gasteiger partial charge on any atom is 0.244 e. The van der Waals surface area contributed by atoms with Crippen LogP contribution in [0.2, 0.25) is 0 Å². The van der Waals surface area contributed by atoms with Crippen LogP contribution in [0.15, 0.2) is 4.99 Å². The molecule has 1 rings (SSSR count). The van der Waals surface area contributed by atoms with Gasteiger partial charge in [-0.2, -0.15) is 4.99 Å². The van der Waals surface area contributed by atoms with E-state index in [1.165, 1.54) is 6.92 Å². The fourth-order valence-corrected chi connectivity index (χ4v) is 3.69. The molecule has 0 atom stereocenters. The zero-order valence-corrected chi connectivity index (χ0v) is 9.74. The molecule has 1 aliphatic heterocycles. The van der Waals surface area contributed by atoms with E-state index >= 15 is 0 Å². The van der Waals surface area contributed by atoms with Crippen molar-refractivity contribution in [1.29, 1.82) is 0 Å². The second kappa shape index (κ2) is 5.02. The molecule has 0 N–H and O–H groups in total. The molecule has 1 saturated heterocycles. The molecular weight excluding hydrogens is 204 g/mol. The van der Waals surface area contributed by atoms with Gasteiger partial charge in [0.2, 0.25) is 5.91 Å². The van der Waals surface area contributed by atoms with Crippen LogP contribution in [0.1, 0.15) is 6.92 Å². The lowest BCUT2D eigenvalue weighted by molar-refractivity contribution is -0.115. The van der Waals surface area contributed by atoms with E-state index in [4.69, 9.17) is 0 Å². The van der Waals surface area contributed by atoms with Gasteiger partial charge in [0.05, 0.1) is 0 Å². The van der Waals surface area contributed by atoms with Crippen molar-refractivity contribution < 1.29 is 4.79 Å². The van der Waals surface area contributed by atoms with Gasteiger partial charge in [-0.05, 0) is 14.1 Å². The van der Waals surface area contributed by atoms with Crippen molar-refractivity contribution in [3.63, 3.8) is 0 Å². The molecule has 0 aliphatic carbocycles. The number of carbonyl (C=O) groups is 1. The molecule has 1 fully saturated rings. The van der Waals surface area contributed by atoms with Crippen LogP contribution in [0.5, 0.6) is 0 Å². The second-order valence-corrected chi connectivity index (χ2v) is 5.41. The van der Waals surface area contributed by atoms with Crippen molar-refractivity contribution >= 4 is 33.8 Å². The molecular formula is C8H14N2OS2. The summed E-state index contributed by atoms with van der Waals surface area (Å²) in [5, 5.41) is 0. The van der Waals surface area contributed by atoms with Crippen molar-refractivity contribution in [2.75, 3.05) is 25.6 Å². The molecule has 0 unspecified atom stereocenters. The van der Waals surface area contributed by atoms with Gasteiger partial charge in [-0.3, -0.25) is 4.79 Å². The van der Waals surface area contributed by atoms with Gasteiger partial charge in [-0.25, -0.2) is 0 Å². The summed E-state index contributed by atoms with van der Waals surface area (Å²) in [4.78, 5) is 16.8. The summed E-state index contributed by atoms with van der Waals surface area (Å²) < 4.78 is 0.922. The molecule has 0 saturated carbocycles. The smallest absolute Gasteiger partial charge is 0.244 e. The van der Waals surface area contributed by atoms with Gasteiger partial charge in [0.1, 0.15) is 4.38 Å². The van der Waals surface area contributed by atoms with Crippen LogP contribution >= 0.6 is 23.5 Å². The van der Waals surface area contributed by atoms with Crippen molar-refractivity contribution in [2.45, 2.75) is 13.0 Å². The predicted octanol–water partition coefficient (Wildman–Crippen LogP) is 1.30. The molecule has 0 aromatic carbocycles. The first kappa shape index (κ1) is 11.1. The van der Waals surface area contributed by atoms with E-state index in [0.717, 1.165) is 15.9 Å². The molecule has 5 heteroatoms. The van der Waals surface area contributed by atoms with Crippen LogP contribution in [0.25, 0.3) is 0 Å². The monoisotopic (exact) mass is 218 g/mol. The Labute approximate surface area is 87.4 Å². The Kier molecular flexibility index (Phi) is 4.28. The quantitative estimate of drug-likeness (QED) is 0.664. The largest absolute Gasteiger partial charge is 0.305 e. The van der Waals surface area contributed by atoms with Gasteiger partial charge in [0.15, 0.2) is 0 Å². The minimum absolute atomic E-state index is 0.0988. The molecule has 13 heavy (non-hydrogen) atoms. The fraction of sp³-hybridized carbons (Fsp3) is 0.750. The fourth-order valence-electron chi connectivity index (χ4n) is 0.916. The number of hydrogen-bond donors (Lipinski definition) is 0. The van der Waals surface area contributed by atoms with E-state index in [1.54, 1.807) is 23.5 Å². The van der Waals surface area contributed by atoms with Crippen LogP contribution < -0.4 is 0 Å². The molecule has 0 bridgehead atoms.